The van der Waals surface area contributed by atoms with Crippen LogP contribution in [0.5, 0.6) is 0 Å². The Bertz CT molecular complexity index is 1150. The Labute approximate surface area is 157 Å². The third-order valence-corrected chi connectivity index (χ3v) is 4.67. The minimum atomic E-state index is -0.352. The van der Waals surface area contributed by atoms with Gasteiger partial charge < -0.3 is 4.57 Å². The fraction of sp³-hybridized carbons (Fsp3) is 0.0417. The van der Waals surface area contributed by atoms with Crippen LogP contribution in [-0.2, 0) is 0 Å². The van der Waals surface area contributed by atoms with Gasteiger partial charge in [-0.15, -0.1) is 0 Å². The summed E-state index contributed by atoms with van der Waals surface area (Å²) in [6.45, 7) is 1.75. The van der Waals surface area contributed by atoms with Crippen LogP contribution >= 0.6 is 0 Å². The van der Waals surface area contributed by atoms with Gasteiger partial charge in [0, 0.05) is 22.9 Å². The molecule has 0 amide bonds. The molecule has 1 aromatic heterocycles. The van der Waals surface area contributed by atoms with Gasteiger partial charge in [-0.1, -0.05) is 60.7 Å². The van der Waals surface area contributed by atoms with Crippen LogP contribution in [-0.4, -0.2) is 4.57 Å². The molecule has 0 saturated carbocycles. The van der Waals surface area contributed by atoms with E-state index in [2.05, 4.69) is 0 Å². The first-order valence-corrected chi connectivity index (χ1v) is 8.79. The Hall–Kier alpha value is -3.46. The predicted octanol–water partition coefficient (Wildman–Crippen LogP) is 5.62. The summed E-state index contributed by atoms with van der Waals surface area (Å²) >= 11 is 0. The van der Waals surface area contributed by atoms with Crippen LogP contribution in [0.2, 0.25) is 0 Å². The van der Waals surface area contributed by atoms with Crippen molar-refractivity contribution in [2.24, 2.45) is 0 Å². The largest absolute Gasteiger partial charge is 0.309 e. The Morgan fingerprint density at radius 3 is 2.04 bits per heavy atom. The number of benzene rings is 3. The summed E-state index contributed by atoms with van der Waals surface area (Å²) in [5, 5.41) is 0. The van der Waals surface area contributed by atoms with E-state index in [0.29, 0.717) is 16.8 Å². The monoisotopic (exact) mass is 355 g/mol. The van der Waals surface area contributed by atoms with Crippen molar-refractivity contribution in [3.63, 3.8) is 0 Å². The van der Waals surface area contributed by atoms with E-state index in [1.165, 1.54) is 6.07 Å². The van der Waals surface area contributed by atoms with Crippen molar-refractivity contribution in [1.82, 2.24) is 4.57 Å². The summed E-state index contributed by atoms with van der Waals surface area (Å²) in [6.07, 6.45) is 0. The van der Waals surface area contributed by atoms with E-state index in [4.69, 9.17) is 0 Å². The molecule has 0 fully saturated rings. The number of hydrogen-bond donors (Lipinski definition) is 0. The molecule has 0 N–H and O–H groups in total. The molecule has 0 aliphatic carbocycles. The second-order valence-electron chi connectivity index (χ2n) is 6.38. The van der Waals surface area contributed by atoms with Crippen molar-refractivity contribution in [2.75, 3.05) is 0 Å². The molecule has 0 saturated heterocycles. The molecule has 0 radical (unpaired) electrons. The highest BCUT2D eigenvalue weighted by Crippen LogP contribution is 2.32. The van der Waals surface area contributed by atoms with Crippen molar-refractivity contribution in [3.05, 3.63) is 113 Å². The minimum Gasteiger partial charge on any atom is -0.309 e. The van der Waals surface area contributed by atoms with Crippen LogP contribution in [0.3, 0.4) is 0 Å². The predicted molar refractivity (Wildman–Crippen MR) is 108 cm³/mol. The van der Waals surface area contributed by atoms with E-state index in [1.54, 1.807) is 31.2 Å². The molecule has 27 heavy (non-hydrogen) atoms. The number of para-hydroxylation sites is 1. The molecular weight excluding hydrogens is 337 g/mol. The second kappa shape index (κ2) is 7.04. The first-order chi connectivity index (χ1) is 13.2. The number of pyridine rings is 1. The van der Waals surface area contributed by atoms with Gasteiger partial charge in [-0.2, -0.15) is 0 Å². The van der Waals surface area contributed by atoms with Gasteiger partial charge in [-0.05, 0) is 36.8 Å². The van der Waals surface area contributed by atoms with Crippen LogP contribution in [0.25, 0.3) is 28.2 Å². The lowest BCUT2D eigenvalue weighted by molar-refractivity contribution is 0.630. The highest BCUT2D eigenvalue weighted by atomic mass is 19.1. The lowest BCUT2D eigenvalue weighted by Crippen LogP contribution is -2.16. The molecule has 0 spiro atoms. The number of halogens is 1. The van der Waals surface area contributed by atoms with Gasteiger partial charge >= 0.3 is 0 Å². The standard InChI is InChI=1S/C24H18FNO/c1-17-23(27)16-22(18-10-4-2-5-11-18)26(19-12-6-3-7-13-19)24(17)20-14-8-9-15-21(20)25/h2-16H,1H3. The lowest BCUT2D eigenvalue weighted by Gasteiger charge is -2.21. The second-order valence-corrected chi connectivity index (χ2v) is 6.38. The van der Waals surface area contributed by atoms with Gasteiger partial charge in [0.1, 0.15) is 5.82 Å². The molecule has 0 aliphatic rings. The van der Waals surface area contributed by atoms with Crippen molar-refractivity contribution in [2.45, 2.75) is 6.92 Å². The Balaban J connectivity index is 2.17. The maximum Gasteiger partial charge on any atom is 0.185 e. The molecule has 132 valence electrons. The normalized spacial score (nSPS) is 10.7. The average molecular weight is 355 g/mol. The molecule has 4 rings (SSSR count). The number of aromatic nitrogens is 1. The Morgan fingerprint density at radius 1 is 0.778 bits per heavy atom. The first-order valence-electron chi connectivity index (χ1n) is 8.79. The van der Waals surface area contributed by atoms with Gasteiger partial charge in [0.25, 0.3) is 0 Å². The van der Waals surface area contributed by atoms with Crippen LogP contribution in [0, 0.1) is 12.7 Å². The molecule has 4 aromatic rings. The fourth-order valence-corrected chi connectivity index (χ4v) is 3.34. The van der Waals surface area contributed by atoms with E-state index in [1.807, 2.05) is 65.2 Å². The van der Waals surface area contributed by atoms with E-state index in [9.17, 15) is 9.18 Å². The third kappa shape index (κ3) is 3.08. The molecule has 2 nitrogen and oxygen atoms in total. The van der Waals surface area contributed by atoms with E-state index >= 15 is 0 Å². The maximum absolute atomic E-state index is 14.7. The van der Waals surface area contributed by atoms with E-state index < -0.39 is 0 Å². The van der Waals surface area contributed by atoms with Crippen molar-refractivity contribution < 1.29 is 4.39 Å². The van der Waals surface area contributed by atoms with Crippen molar-refractivity contribution >= 4 is 0 Å². The van der Waals surface area contributed by atoms with E-state index in [-0.39, 0.29) is 11.2 Å². The van der Waals surface area contributed by atoms with Crippen molar-refractivity contribution in [3.8, 4) is 28.2 Å². The first kappa shape index (κ1) is 17.0. The Kier molecular flexibility index (Phi) is 4.43. The van der Waals surface area contributed by atoms with Gasteiger partial charge in [0.15, 0.2) is 5.43 Å². The van der Waals surface area contributed by atoms with Crippen LogP contribution in [0.15, 0.2) is 95.8 Å². The average Bonchev–Trinajstić information content (AvgIpc) is 2.71. The van der Waals surface area contributed by atoms with Crippen LogP contribution < -0.4 is 5.43 Å². The van der Waals surface area contributed by atoms with Crippen molar-refractivity contribution in [1.29, 1.82) is 0 Å². The summed E-state index contributed by atoms with van der Waals surface area (Å²) in [7, 11) is 0. The molecule has 3 heteroatoms. The molecule has 0 atom stereocenters. The zero-order valence-corrected chi connectivity index (χ0v) is 14.9. The minimum absolute atomic E-state index is 0.112. The lowest BCUT2D eigenvalue weighted by atomic mass is 10.0. The number of nitrogens with zero attached hydrogens (tertiary/aromatic N) is 1. The van der Waals surface area contributed by atoms with Gasteiger partial charge in [0.05, 0.1) is 11.4 Å². The SMILES string of the molecule is Cc1c(-c2ccccc2F)n(-c2ccccc2)c(-c2ccccc2)cc1=O. The zero-order chi connectivity index (χ0) is 18.8. The smallest absolute Gasteiger partial charge is 0.185 e. The highest BCUT2D eigenvalue weighted by Gasteiger charge is 2.19. The summed E-state index contributed by atoms with van der Waals surface area (Å²) in [5.41, 5.74) is 3.90. The topological polar surface area (TPSA) is 22.0 Å². The van der Waals surface area contributed by atoms with Crippen LogP contribution in [0.1, 0.15) is 5.56 Å². The molecule has 0 aliphatic heterocycles. The van der Waals surface area contributed by atoms with Gasteiger partial charge in [0.2, 0.25) is 0 Å². The number of rotatable bonds is 3. The zero-order valence-electron chi connectivity index (χ0n) is 14.9. The highest BCUT2D eigenvalue weighted by molar-refractivity contribution is 5.73. The summed E-state index contributed by atoms with van der Waals surface area (Å²) < 4.78 is 16.7. The fourth-order valence-electron chi connectivity index (χ4n) is 3.34. The Morgan fingerprint density at radius 2 is 1.37 bits per heavy atom. The molecule has 0 unspecified atom stereocenters. The molecular formula is C24H18FNO. The van der Waals surface area contributed by atoms with Gasteiger partial charge in [-0.25, -0.2) is 4.39 Å². The molecule has 0 bridgehead atoms. The number of hydrogen-bond acceptors (Lipinski definition) is 1. The third-order valence-electron chi connectivity index (χ3n) is 4.67. The maximum atomic E-state index is 14.7. The van der Waals surface area contributed by atoms with Crippen LogP contribution in [0.4, 0.5) is 4.39 Å². The summed E-state index contributed by atoms with van der Waals surface area (Å²) in [5.74, 6) is -0.352. The quantitative estimate of drug-likeness (QED) is 0.467. The molecule has 3 aromatic carbocycles. The van der Waals surface area contributed by atoms with Gasteiger partial charge in [-0.3, -0.25) is 4.79 Å². The molecule has 1 heterocycles. The van der Waals surface area contributed by atoms with E-state index in [0.717, 1.165) is 16.9 Å². The summed E-state index contributed by atoms with van der Waals surface area (Å²) in [4.78, 5) is 12.8. The summed E-state index contributed by atoms with van der Waals surface area (Å²) in [6, 6.07) is 27.6.